The quantitative estimate of drug-likeness (QED) is 0.182. The second kappa shape index (κ2) is 10.3. The number of alkyl halides is 2. The number of nitrogens with one attached hydrogen (secondary N) is 1. The Morgan fingerprint density at radius 3 is 2.45 bits per heavy atom. The summed E-state index contributed by atoms with van der Waals surface area (Å²) in [5.41, 5.74) is 2.68. The number of carboxylic acid groups (broad SMARTS) is 1. The molecule has 0 saturated heterocycles. The minimum absolute atomic E-state index is 0.106. The molecule has 42 heavy (non-hydrogen) atoms. The number of aliphatic carboxylic acids is 1. The number of nitrogens with two attached hydrogens (primary N) is 1. The summed E-state index contributed by atoms with van der Waals surface area (Å²) in [5.74, 6) is -5.67. The van der Waals surface area contributed by atoms with E-state index in [4.69, 9.17) is 11.1 Å². The molecule has 2 aromatic heterocycles. The van der Waals surface area contributed by atoms with Gasteiger partial charge < -0.3 is 15.4 Å². The monoisotopic (exact) mass is 592 g/mol. The summed E-state index contributed by atoms with van der Waals surface area (Å²) in [6.07, 6.45) is 1.40. The molecule has 4 N–H and O–H groups in total. The molecule has 5 rings (SSSR count). The minimum Gasteiger partial charge on any atom is -0.480 e. The van der Waals surface area contributed by atoms with Gasteiger partial charge in [0.25, 0.3) is 15.6 Å². The Labute approximate surface area is 237 Å². The smallest absolute Gasteiger partial charge is 0.324 e. The molecule has 0 aliphatic heterocycles. The Bertz CT molecular complexity index is 2060. The van der Waals surface area contributed by atoms with Crippen molar-refractivity contribution in [2.75, 3.05) is 10.8 Å². The molecule has 3 aromatic carbocycles. The van der Waals surface area contributed by atoms with Crippen LogP contribution in [0.25, 0.3) is 21.9 Å². The van der Waals surface area contributed by atoms with E-state index in [1.54, 1.807) is 18.2 Å². The Balaban J connectivity index is 1.67. The number of para-hydroxylation sites is 1. The largest absolute Gasteiger partial charge is 0.480 e. The van der Waals surface area contributed by atoms with Gasteiger partial charge in [0, 0.05) is 29.8 Å². The number of nitrogens with zero attached hydrogens (tertiary/aromatic N) is 4. The van der Waals surface area contributed by atoms with Crippen molar-refractivity contribution in [1.82, 2.24) is 14.5 Å². The van der Waals surface area contributed by atoms with E-state index in [2.05, 4.69) is 9.97 Å². The zero-order chi connectivity index (χ0) is 30.4. The van der Waals surface area contributed by atoms with Gasteiger partial charge in [0.05, 0.1) is 22.2 Å². The molecule has 0 fully saturated rings. The van der Waals surface area contributed by atoms with Crippen LogP contribution >= 0.6 is 0 Å². The van der Waals surface area contributed by atoms with Gasteiger partial charge in [0.1, 0.15) is 17.3 Å². The highest BCUT2D eigenvalue weighted by atomic mass is 32.2. The topological polar surface area (TPSA) is 172 Å². The summed E-state index contributed by atoms with van der Waals surface area (Å²) >= 11 is 0. The second-order valence-corrected chi connectivity index (χ2v) is 11.1. The maximum Gasteiger partial charge on any atom is 0.324 e. The molecule has 0 saturated carbocycles. The Morgan fingerprint density at radius 1 is 1.10 bits per heavy atom. The molecule has 0 unspecified atom stereocenters. The third-order valence-electron chi connectivity index (χ3n) is 6.65. The van der Waals surface area contributed by atoms with E-state index >= 15 is 8.78 Å². The zero-order valence-corrected chi connectivity index (χ0v) is 22.6. The number of halogens is 2. The van der Waals surface area contributed by atoms with Gasteiger partial charge in [-0.15, -0.1) is 0 Å². The Kier molecular flexibility index (Phi) is 6.94. The number of pyridine rings is 1. The van der Waals surface area contributed by atoms with Gasteiger partial charge in [0.15, 0.2) is 5.69 Å². The maximum atomic E-state index is 15.6. The molecule has 0 bridgehead atoms. The van der Waals surface area contributed by atoms with Crippen LogP contribution in [0.5, 0.6) is 0 Å². The summed E-state index contributed by atoms with van der Waals surface area (Å²) in [5, 5.41) is 17.5. The number of aromatic nitrogens is 3. The first-order valence-corrected chi connectivity index (χ1v) is 13.7. The van der Waals surface area contributed by atoms with Gasteiger partial charge in [-0.05, 0) is 30.3 Å². The van der Waals surface area contributed by atoms with Crippen molar-refractivity contribution in [3.05, 3.63) is 106 Å². The number of carbonyl (C=O) groups is 1. The Hall–Kier alpha value is -5.24. The molecule has 5 aromatic rings. The Morgan fingerprint density at radius 2 is 1.79 bits per heavy atom. The molecular weight excluding hydrogens is 570 g/mol. The third-order valence-corrected chi connectivity index (χ3v) is 8.45. The first-order chi connectivity index (χ1) is 19.8. The summed E-state index contributed by atoms with van der Waals surface area (Å²) in [6.45, 7) is -0.992. The third kappa shape index (κ3) is 4.81. The predicted octanol–water partition coefficient (Wildman–Crippen LogP) is 3.19. The minimum atomic E-state index is -4.54. The van der Waals surface area contributed by atoms with Crippen molar-refractivity contribution >= 4 is 49.5 Å². The molecule has 214 valence electrons. The van der Waals surface area contributed by atoms with Crippen LogP contribution in [0.2, 0.25) is 0 Å². The van der Waals surface area contributed by atoms with Crippen LogP contribution in [0.1, 0.15) is 16.8 Å². The zero-order valence-electron chi connectivity index (χ0n) is 21.8. The van der Waals surface area contributed by atoms with Gasteiger partial charge in [-0.2, -0.15) is 8.78 Å². The van der Waals surface area contributed by atoms with E-state index < -0.39 is 45.3 Å². The molecule has 2 heterocycles. The van der Waals surface area contributed by atoms with Gasteiger partial charge in [-0.3, -0.25) is 24.3 Å². The number of fused-ring (bicyclic) bond motifs is 2. The number of carboxylic acids is 1. The molecule has 0 amide bonds. The molecule has 14 heteroatoms. The molecule has 0 aliphatic carbocycles. The summed E-state index contributed by atoms with van der Waals surface area (Å²) in [7, 11) is -3.28. The lowest BCUT2D eigenvalue weighted by molar-refractivity contribution is -0.135. The predicted molar refractivity (Wildman–Crippen MR) is 151 cm³/mol. The lowest BCUT2D eigenvalue weighted by Crippen LogP contribution is -2.36. The van der Waals surface area contributed by atoms with Gasteiger partial charge in [-0.25, -0.2) is 13.4 Å². The van der Waals surface area contributed by atoms with Crippen molar-refractivity contribution in [1.29, 1.82) is 5.41 Å². The highest BCUT2D eigenvalue weighted by Crippen LogP contribution is 2.35. The summed E-state index contributed by atoms with van der Waals surface area (Å²) < 4.78 is 60.5. The fraction of sp³-hybridized carbons (Fsp3) is 0.107. The van der Waals surface area contributed by atoms with Gasteiger partial charge in [0.2, 0.25) is 0 Å². The van der Waals surface area contributed by atoms with Crippen molar-refractivity contribution < 1.29 is 27.1 Å². The van der Waals surface area contributed by atoms with Crippen LogP contribution in [-0.2, 0) is 27.8 Å². The van der Waals surface area contributed by atoms with Crippen LogP contribution in [0.4, 0.5) is 14.5 Å². The summed E-state index contributed by atoms with van der Waals surface area (Å²) in [6, 6.07) is 15.9. The van der Waals surface area contributed by atoms with Crippen molar-refractivity contribution in [3.63, 3.8) is 0 Å². The second-order valence-electron chi connectivity index (χ2n) is 9.30. The fourth-order valence-electron chi connectivity index (χ4n) is 4.52. The molecular formula is C28H22F2N6O5S. The summed E-state index contributed by atoms with van der Waals surface area (Å²) in [4.78, 5) is 32.6. The van der Waals surface area contributed by atoms with E-state index in [-0.39, 0.29) is 38.5 Å². The fourth-order valence-corrected chi connectivity index (χ4v) is 6.09. The van der Waals surface area contributed by atoms with Crippen molar-refractivity contribution in [3.8, 4) is 0 Å². The first-order valence-electron chi connectivity index (χ1n) is 12.2. The molecule has 0 atom stereocenters. The first kappa shape index (κ1) is 28.3. The number of anilines is 1. The lowest BCUT2D eigenvalue weighted by atomic mass is 10.0. The molecule has 11 nitrogen and oxygen atoms in total. The maximum absolute atomic E-state index is 15.6. The number of hydrogen-bond acceptors (Lipinski definition) is 7. The number of rotatable bonds is 8. The molecule has 0 aliphatic rings. The van der Waals surface area contributed by atoms with E-state index in [1.807, 2.05) is 0 Å². The number of amidine groups is 1. The average molecular weight is 593 g/mol. The van der Waals surface area contributed by atoms with E-state index in [0.29, 0.717) is 9.69 Å². The highest BCUT2D eigenvalue weighted by molar-refractivity contribution is 7.93. The number of nitrogen functional groups attached to an aromatic ring is 1. The molecule has 0 radical (unpaired) electrons. The van der Waals surface area contributed by atoms with Crippen LogP contribution in [0.3, 0.4) is 0 Å². The molecule has 0 spiro atoms. The normalized spacial score (nSPS) is 12.0. The van der Waals surface area contributed by atoms with E-state index in [1.165, 1.54) is 49.6 Å². The van der Waals surface area contributed by atoms with Gasteiger partial charge >= 0.3 is 11.9 Å². The van der Waals surface area contributed by atoms with E-state index in [9.17, 15) is 23.1 Å². The highest BCUT2D eigenvalue weighted by Gasteiger charge is 2.39. The standard InChI is InChI=1S/C28H22F2N6O5S/c1-35-21-12-11-19(36(15-23(37)38)42(40,41)22-6-2-4-16-5-3-13-33-24(16)22)14-20(21)34-25(27(35)39)28(29,30)18-9-7-17(8-10-18)26(31)32/h2-14H,15H2,1H3,(H3,31,32)(H,37,38). The van der Waals surface area contributed by atoms with Crippen molar-refractivity contribution in [2.24, 2.45) is 12.8 Å². The van der Waals surface area contributed by atoms with Crippen LogP contribution in [-0.4, -0.2) is 46.4 Å². The van der Waals surface area contributed by atoms with Crippen LogP contribution < -0.4 is 15.6 Å². The van der Waals surface area contributed by atoms with Crippen molar-refractivity contribution in [2.45, 2.75) is 10.8 Å². The number of benzene rings is 3. The number of sulfonamides is 1. The van der Waals surface area contributed by atoms with Crippen LogP contribution in [0, 0.1) is 5.41 Å². The SMILES string of the molecule is Cn1c(=O)c(C(F)(F)c2ccc(C(=N)N)cc2)nc2cc(N(CC(=O)O)S(=O)(=O)c3cccc4cccnc34)ccc21. The van der Waals surface area contributed by atoms with E-state index in [0.717, 1.165) is 22.8 Å². The lowest BCUT2D eigenvalue weighted by Gasteiger charge is -2.24. The van der Waals surface area contributed by atoms with Gasteiger partial charge in [-0.1, -0.05) is 42.5 Å². The average Bonchev–Trinajstić information content (AvgIpc) is 2.97. The number of hydrogen-bond donors (Lipinski definition) is 3. The number of aryl methyl sites for hydroxylation is 1. The van der Waals surface area contributed by atoms with Crippen LogP contribution in [0.15, 0.2) is 88.7 Å².